The Balaban J connectivity index is 1.38. The summed E-state index contributed by atoms with van der Waals surface area (Å²) in [7, 11) is 0. The Morgan fingerprint density at radius 3 is 2.72 bits per heavy atom. The number of benzene rings is 1. The SMILES string of the molecule is CCOc1cc([C@@H]2NC(=O)c3c(sc4c3CC[C@@H](C(C)(C)CC)C4)N2)ccc1OC(=O)c1cccs1. The number of esters is 1. The number of hydrogen-bond donors (Lipinski definition) is 2. The van der Waals surface area contributed by atoms with Crippen LogP contribution in [-0.2, 0) is 12.8 Å². The van der Waals surface area contributed by atoms with E-state index in [9.17, 15) is 9.59 Å². The first-order chi connectivity index (χ1) is 17.3. The molecule has 36 heavy (non-hydrogen) atoms. The number of rotatable bonds is 7. The molecule has 6 nitrogen and oxygen atoms in total. The van der Waals surface area contributed by atoms with Gasteiger partial charge in [-0.1, -0.05) is 39.3 Å². The molecule has 5 rings (SSSR count). The maximum absolute atomic E-state index is 13.2. The van der Waals surface area contributed by atoms with E-state index in [-0.39, 0.29) is 5.91 Å². The molecule has 3 heterocycles. The Hall–Kier alpha value is -2.84. The summed E-state index contributed by atoms with van der Waals surface area (Å²) in [5.74, 6) is 1.01. The highest BCUT2D eigenvalue weighted by Crippen LogP contribution is 2.47. The third-order valence-electron chi connectivity index (χ3n) is 7.59. The normalized spacial score (nSPS) is 19.1. The summed E-state index contributed by atoms with van der Waals surface area (Å²) in [6, 6.07) is 8.96. The molecule has 3 aromatic rings. The van der Waals surface area contributed by atoms with Crippen molar-refractivity contribution in [1.29, 1.82) is 0 Å². The lowest BCUT2D eigenvalue weighted by molar-refractivity contribution is 0.0733. The summed E-state index contributed by atoms with van der Waals surface area (Å²) >= 11 is 3.05. The van der Waals surface area contributed by atoms with Gasteiger partial charge < -0.3 is 20.1 Å². The number of nitrogens with one attached hydrogen (secondary N) is 2. The maximum Gasteiger partial charge on any atom is 0.353 e. The van der Waals surface area contributed by atoms with Gasteiger partial charge in [0.25, 0.3) is 5.91 Å². The number of anilines is 1. The van der Waals surface area contributed by atoms with E-state index in [0.717, 1.165) is 41.8 Å². The van der Waals surface area contributed by atoms with Crippen LogP contribution < -0.4 is 20.1 Å². The first-order valence-corrected chi connectivity index (χ1v) is 14.2. The van der Waals surface area contributed by atoms with Crippen LogP contribution in [0.15, 0.2) is 35.7 Å². The van der Waals surface area contributed by atoms with Gasteiger partial charge in [0, 0.05) is 4.88 Å². The molecule has 0 fully saturated rings. The van der Waals surface area contributed by atoms with Crippen LogP contribution in [0.1, 0.15) is 82.7 Å². The second kappa shape index (κ2) is 9.90. The van der Waals surface area contributed by atoms with Crippen molar-refractivity contribution in [2.24, 2.45) is 11.3 Å². The van der Waals surface area contributed by atoms with E-state index < -0.39 is 12.1 Å². The molecular formula is C28H32N2O4S2. The molecule has 2 atom stereocenters. The van der Waals surface area contributed by atoms with E-state index in [1.165, 1.54) is 21.8 Å². The van der Waals surface area contributed by atoms with Crippen molar-refractivity contribution in [3.8, 4) is 11.5 Å². The molecule has 0 saturated heterocycles. The van der Waals surface area contributed by atoms with Gasteiger partial charge in [0.2, 0.25) is 0 Å². The van der Waals surface area contributed by atoms with Crippen LogP contribution in [-0.4, -0.2) is 18.5 Å². The van der Waals surface area contributed by atoms with Crippen molar-refractivity contribution in [1.82, 2.24) is 5.32 Å². The first kappa shape index (κ1) is 24.8. The van der Waals surface area contributed by atoms with Crippen LogP contribution >= 0.6 is 22.7 Å². The van der Waals surface area contributed by atoms with E-state index in [2.05, 4.69) is 31.4 Å². The Bertz CT molecular complexity index is 1280. The van der Waals surface area contributed by atoms with Crippen molar-refractivity contribution < 1.29 is 19.1 Å². The summed E-state index contributed by atoms with van der Waals surface area (Å²) in [5, 5.41) is 9.45. The molecule has 0 unspecified atom stereocenters. The van der Waals surface area contributed by atoms with Gasteiger partial charge in [-0.2, -0.15) is 0 Å². The molecule has 2 N–H and O–H groups in total. The quantitative estimate of drug-likeness (QED) is 0.262. The molecule has 0 saturated carbocycles. The van der Waals surface area contributed by atoms with Crippen molar-refractivity contribution in [3.05, 3.63) is 62.2 Å². The lowest BCUT2D eigenvalue weighted by atomic mass is 9.69. The average Bonchev–Trinajstić information content (AvgIpc) is 3.53. The number of fused-ring (bicyclic) bond motifs is 3. The van der Waals surface area contributed by atoms with Gasteiger partial charge in [-0.25, -0.2) is 4.79 Å². The molecule has 1 aromatic carbocycles. The van der Waals surface area contributed by atoms with Gasteiger partial charge in [-0.15, -0.1) is 22.7 Å². The minimum atomic E-state index is -0.416. The van der Waals surface area contributed by atoms with Gasteiger partial charge in [0.05, 0.1) is 12.2 Å². The molecule has 2 aliphatic rings. The Morgan fingerprint density at radius 2 is 2.00 bits per heavy atom. The first-order valence-electron chi connectivity index (χ1n) is 12.5. The van der Waals surface area contributed by atoms with Crippen LogP contribution in [0, 0.1) is 11.3 Å². The van der Waals surface area contributed by atoms with Gasteiger partial charge >= 0.3 is 5.97 Å². The lowest BCUT2D eigenvalue weighted by Crippen LogP contribution is -2.38. The van der Waals surface area contributed by atoms with Crippen molar-refractivity contribution in [3.63, 3.8) is 0 Å². The van der Waals surface area contributed by atoms with Gasteiger partial charge in [0.1, 0.15) is 16.0 Å². The third kappa shape index (κ3) is 4.64. The number of carbonyl (C=O) groups is 2. The van der Waals surface area contributed by atoms with Crippen molar-refractivity contribution in [2.45, 2.75) is 59.5 Å². The van der Waals surface area contributed by atoms with Crippen LogP contribution in [0.2, 0.25) is 0 Å². The monoisotopic (exact) mass is 524 g/mol. The van der Waals surface area contributed by atoms with E-state index in [1.54, 1.807) is 23.5 Å². The fraction of sp³-hybridized carbons (Fsp3) is 0.429. The summed E-state index contributed by atoms with van der Waals surface area (Å²) in [6.45, 7) is 9.28. The highest BCUT2D eigenvalue weighted by molar-refractivity contribution is 7.16. The Morgan fingerprint density at radius 1 is 1.17 bits per heavy atom. The van der Waals surface area contributed by atoms with Crippen LogP contribution in [0.4, 0.5) is 5.00 Å². The highest BCUT2D eigenvalue weighted by Gasteiger charge is 2.37. The lowest BCUT2D eigenvalue weighted by Gasteiger charge is -2.36. The van der Waals surface area contributed by atoms with Crippen molar-refractivity contribution >= 4 is 39.6 Å². The zero-order chi connectivity index (χ0) is 25.4. The Kier molecular flexibility index (Phi) is 6.83. The average molecular weight is 525 g/mol. The predicted octanol–water partition coefficient (Wildman–Crippen LogP) is 6.82. The fourth-order valence-electron chi connectivity index (χ4n) is 5.02. The zero-order valence-corrected chi connectivity index (χ0v) is 22.7. The van der Waals surface area contributed by atoms with Crippen molar-refractivity contribution in [2.75, 3.05) is 11.9 Å². The summed E-state index contributed by atoms with van der Waals surface area (Å²) in [5.41, 5.74) is 3.16. The van der Waals surface area contributed by atoms with Gasteiger partial charge in [-0.05, 0) is 72.2 Å². The smallest absolute Gasteiger partial charge is 0.353 e. The number of hydrogen-bond acceptors (Lipinski definition) is 7. The summed E-state index contributed by atoms with van der Waals surface area (Å²) < 4.78 is 11.4. The number of thiophene rings is 2. The topological polar surface area (TPSA) is 76.7 Å². The molecular weight excluding hydrogens is 492 g/mol. The van der Waals surface area contributed by atoms with E-state index in [4.69, 9.17) is 9.47 Å². The number of carbonyl (C=O) groups excluding carboxylic acids is 2. The van der Waals surface area contributed by atoms with Gasteiger partial charge in [-0.3, -0.25) is 4.79 Å². The summed E-state index contributed by atoms with van der Waals surface area (Å²) in [4.78, 5) is 27.6. The van der Waals surface area contributed by atoms with Gasteiger partial charge in [0.15, 0.2) is 11.5 Å². The molecule has 0 bridgehead atoms. The Labute approximate surface area is 220 Å². The molecule has 8 heteroatoms. The van der Waals surface area contributed by atoms with Crippen LogP contribution in [0.25, 0.3) is 0 Å². The molecule has 1 aliphatic carbocycles. The molecule has 190 valence electrons. The zero-order valence-electron chi connectivity index (χ0n) is 21.1. The maximum atomic E-state index is 13.2. The largest absolute Gasteiger partial charge is 0.490 e. The van der Waals surface area contributed by atoms with Crippen LogP contribution in [0.5, 0.6) is 11.5 Å². The van der Waals surface area contributed by atoms with E-state index in [0.29, 0.717) is 34.3 Å². The molecule has 2 aromatic heterocycles. The summed E-state index contributed by atoms with van der Waals surface area (Å²) in [6.07, 6.45) is 3.87. The number of ether oxygens (including phenoxy) is 2. The minimum absolute atomic E-state index is 0.0365. The standard InChI is InChI=1S/C28H32N2O4S2/c1-5-28(3,4)17-10-11-18-22(15-17)36-26-23(18)25(31)29-24(30-26)16-9-12-19(20(14-16)33-6-2)34-27(32)21-8-7-13-35-21/h7-9,12-14,17,24,30H,5-6,10-11,15H2,1-4H3,(H,29,31)/t17-,24-/m1/s1. The second-order valence-electron chi connectivity index (χ2n) is 10.0. The molecule has 1 aliphatic heterocycles. The predicted molar refractivity (Wildman–Crippen MR) is 145 cm³/mol. The third-order valence-corrected chi connectivity index (χ3v) is 9.62. The van der Waals surface area contributed by atoms with E-state index >= 15 is 0 Å². The van der Waals surface area contributed by atoms with E-state index in [1.807, 2.05) is 30.5 Å². The molecule has 0 spiro atoms. The number of amides is 1. The second-order valence-corrected chi connectivity index (χ2v) is 12.1. The molecule has 1 amide bonds. The highest BCUT2D eigenvalue weighted by atomic mass is 32.1. The minimum Gasteiger partial charge on any atom is -0.490 e. The fourth-order valence-corrected chi connectivity index (χ4v) is 6.97. The molecule has 0 radical (unpaired) electrons. The van der Waals surface area contributed by atoms with Crippen LogP contribution in [0.3, 0.4) is 0 Å².